The van der Waals surface area contributed by atoms with Crippen molar-refractivity contribution >= 4 is 23.3 Å². The summed E-state index contributed by atoms with van der Waals surface area (Å²) in [5, 5.41) is 5.98. The van der Waals surface area contributed by atoms with Gasteiger partial charge in [-0.25, -0.2) is 9.78 Å². The van der Waals surface area contributed by atoms with Crippen LogP contribution < -0.4 is 20.1 Å². The largest absolute Gasteiger partial charge is 0.431 e. The molecule has 164 valence electrons. The van der Waals surface area contributed by atoms with Gasteiger partial charge >= 0.3 is 6.09 Å². The Morgan fingerprint density at radius 3 is 2.81 bits per heavy atom. The van der Waals surface area contributed by atoms with Crippen LogP contribution in [0, 0.1) is 17.8 Å². The van der Waals surface area contributed by atoms with Gasteiger partial charge in [-0.1, -0.05) is 48.5 Å². The molecule has 1 fully saturated rings. The highest BCUT2D eigenvalue weighted by molar-refractivity contribution is 7.13. The second-order valence-electron chi connectivity index (χ2n) is 7.53. The van der Waals surface area contributed by atoms with Crippen LogP contribution in [0.3, 0.4) is 0 Å². The van der Waals surface area contributed by atoms with Crippen molar-refractivity contribution in [1.82, 2.24) is 15.6 Å². The first-order valence-corrected chi connectivity index (χ1v) is 11.3. The van der Waals surface area contributed by atoms with Gasteiger partial charge in [0.15, 0.2) is 0 Å². The number of aromatic nitrogens is 1. The maximum atomic E-state index is 12.1. The fourth-order valence-corrected chi connectivity index (χ4v) is 3.99. The minimum Gasteiger partial charge on any atom is -0.431 e. The summed E-state index contributed by atoms with van der Waals surface area (Å²) in [6.07, 6.45) is 7.25. The van der Waals surface area contributed by atoms with E-state index in [0.717, 1.165) is 17.7 Å². The number of amides is 2. The predicted octanol–water partition coefficient (Wildman–Crippen LogP) is 4.48. The summed E-state index contributed by atoms with van der Waals surface area (Å²) < 4.78 is 11.1. The monoisotopic (exact) mass is 441 g/mol. The molecular formula is C23H27N3O4S. The molecule has 0 radical (unpaired) electrons. The third-order valence-corrected chi connectivity index (χ3v) is 5.59. The van der Waals surface area contributed by atoms with Crippen LogP contribution >= 0.6 is 11.3 Å². The van der Waals surface area contributed by atoms with E-state index in [2.05, 4.69) is 27.5 Å². The van der Waals surface area contributed by atoms with Crippen LogP contribution in [0.4, 0.5) is 4.79 Å². The Labute approximate surface area is 186 Å². The molecule has 0 saturated heterocycles. The SMILES string of the molecule is CC(=O)NC(C)C#Cc1cnc(Oc2cccc(OC(=O)NCC3CCCCC3)c2)s1. The molecule has 1 aromatic heterocycles. The van der Waals surface area contributed by atoms with Gasteiger partial charge in [-0.05, 0) is 37.8 Å². The number of ether oxygens (including phenoxy) is 2. The predicted molar refractivity (Wildman–Crippen MR) is 119 cm³/mol. The number of hydrogen-bond donors (Lipinski definition) is 2. The number of thiazole rings is 1. The van der Waals surface area contributed by atoms with Crippen molar-refractivity contribution in [1.29, 1.82) is 0 Å². The van der Waals surface area contributed by atoms with Gasteiger partial charge in [0.2, 0.25) is 5.91 Å². The molecule has 1 aliphatic carbocycles. The second-order valence-corrected chi connectivity index (χ2v) is 8.53. The lowest BCUT2D eigenvalue weighted by molar-refractivity contribution is -0.119. The molecule has 1 aliphatic rings. The first-order valence-electron chi connectivity index (χ1n) is 10.5. The summed E-state index contributed by atoms with van der Waals surface area (Å²) in [7, 11) is 0. The van der Waals surface area contributed by atoms with E-state index in [1.807, 2.05) is 6.92 Å². The average Bonchev–Trinajstić information content (AvgIpc) is 3.18. The Morgan fingerprint density at radius 1 is 1.26 bits per heavy atom. The van der Waals surface area contributed by atoms with E-state index in [9.17, 15) is 9.59 Å². The molecule has 0 aliphatic heterocycles. The van der Waals surface area contributed by atoms with Gasteiger partial charge < -0.3 is 20.1 Å². The minimum absolute atomic E-state index is 0.125. The number of carbonyl (C=O) groups is 2. The summed E-state index contributed by atoms with van der Waals surface area (Å²) >= 11 is 1.29. The van der Waals surface area contributed by atoms with Crippen molar-refractivity contribution in [2.24, 2.45) is 5.92 Å². The van der Waals surface area contributed by atoms with Gasteiger partial charge in [0.05, 0.1) is 12.2 Å². The Balaban J connectivity index is 1.51. The Hall–Kier alpha value is -3.05. The zero-order valence-electron chi connectivity index (χ0n) is 17.8. The maximum absolute atomic E-state index is 12.1. The van der Waals surface area contributed by atoms with Crippen LogP contribution in [0.2, 0.25) is 0 Å². The molecule has 1 atom stereocenters. The summed E-state index contributed by atoms with van der Waals surface area (Å²) in [5.41, 5.74) is 0. The van der Waals surface area contributed by atoms with E-state index in [1.165, 1.54) is 37.5 Å². The normalized spacial score (nSPS) is 14.6. The van der Waals surface area contributed by atoms with Crippen molar-refractivity contribution < 1.29 is 19.1 Å². The molecule has 31 heavy (non-hydrogen) atoms. The fraction of sp³-hybridized carbons (Fsp3) is 0.435. The zero-order chi connectivity index (χ0) is 22.1. The molecule has 0 spiro atoms. The molecule has 1 aromatic carbocycles. The molecule has 2 amide bonds. The van der Waals surface area contributed by atoms with E-state index < -0.39 is 6.09 Å². The summed E-state index contributed by atoms with van der Waals surface area (Å²) in [4.78, 5) is 28.1. The molecular weight excluding hydrogens is 414 g/mol. The number of hydrogen-bond acceptors (Lipinski definition) is 6. The molecule has 3 rings (SSSR count). The van der Waals surface area contributed by atoms with E-state index in [-0.39, 0.29) is 11.9 Å². The Morgan fingerprint density at radius 2 is 2.03 bits per heavy atom. The molecule has 2 aromatic rings. The average molecular weight is 442 g/mol. The van der Waals surface area contributed by atoms with E-state index in [1.54, 1.807) is 30.5 Å². The lowest BCUT2D eigenvalue weighted by atomic mass is 9.89. The number of nitrogens with zero attached hydrogens (tertiary/aromatic N) is 1. The van der Waals surface area contributed by atoms with Crippen molar-refractivity contribution in [2.45, 2.75) is 52.0 Å². The van der Waals surface area contributed by atoms with E-state index in [0.29, 0.717) is 29.2 Å². The third-order valence-electron chi connectivity index (χ3n) is 4.80. The second kappa shape index (κ2) is 11.4. The molecule has 1 heterocycles. The third kappa shape index (κ3) is 7.95. The molecule has 8 heteroatoms. The van der Waals surface area contributed by atoms with Crippen LogP contribution in [0.15, 0.2) is 30.5 Å². The van der Waals surface area contributed by atoms with Gasteiger partial charge in [-0.15, -0.1) is 0 Å². The van der Waals surface area contributed by atoms with Gasteiger partial charge in [0.25, 0.3) is 5.19 Å². The quantitative estimate of drug-likeness (QED) is 0.645. The zero-order valence-corrected chi connectivity index (χ0v) is 18.6. The van der Waals surface area contributed by atoms with E-state index >= 15 is 0 Å². The van der Waals surface area contributed by atoms with Crippen LogP contribution in [0.5, 0.6) is 16.7 Å². The molecule has 1 unspecified atom stereocenters. The van der Waals surface area contributed by atoms with Gasteiger partial charge in [-0.3, -0.25) is 4.79 Å². The molecule has 1 saturated carbocycles. The summed E-state index contributed by atoms with van der Waals surface area (Å²) in [6, 6.07) is 6.61. The highest BCUT2D eigenvalue weighted by atomic mass is 32.1. The number of benzene rings is 1. The molecule has 7 nitrogen and oxygen atoms in total. The summed E-state index contributed by atoms with van der Waals surface area (Å²) in [6.45, 7) is 3.91. The van der Waals surface area contributed by atoms with Crippen molar-refractivity contribution in [3.05, 3.63) is 35.3 Å². The van der Waals surface area contributed by atoms with Gasteiger partial charge in [-0.2, -0.15) is 0 Å². The standard InChI is InChI=1S/C23H27N3O4S/c1-16(26-17(2)27)11-12-21-15-25-23(31-21)30-20-10-6-9-19(13-20)29-22(28)24-14-18-7-4-3-5-8-18/h6,9-10,13,15-16,18H,3-5,7-8,14H2,1-2H3,(H,24,28)(H,26,27). The minimum atomic E-state index is -0.456. The molecule has 0 bridgehead atoms. The van der Waals surface area contributed by atoms with Crippen molar-refractivity contribution in [3.63, 3.8) is 0 Å². The molecule has 2 N–H and O–H groups in total. The van der Waals surface area contributed by atoms with Gasteiger partial charge in [0.1, 0.15) is 16.4 Å². The fourth-order valence-electron chi connectivity index (χ4n) is 3.35. The number of carbonyl (C=O) groups excluding carboxylic acids is 2. The lowest BCUT2D eigenvalue weighted by Crippen LogP contribution is -2.32. The Bertz CT molecular complexity index is 957. The topological polar surface area (TPSA) is 89.6 Å². The highest BCUT2D eigenvalue weighted by Gasteiger charge is 2.15. The van der Waals surface area contributed by atoms with Crippen LogP contribution in [-0.2, 0) is 4.79 Å². The first-order chi connectivity index (χ1) is 15.0. The number of rotatable bonds is 6. The lowest BCUT2D eigenvalue weighted by Gasteiger charge is -2.21. The highest BCUT2D eigenvalue weighted by Crippen LogP contribution is 2.28. The van der Waals surface area contributed by atoms with Crippen molar-refractivity contribution in [2.75, 3.05) is 6.54 Å². The van der Waals surface area contributed by atoms with Crippen LogP contribution in [-0.4, -0.2) is 29.6 Å². The Kier molecular flexibility index (Phi) is 8.30. The van der Waals surface area contributed by atoms with Crippen LogP contribution in [0.1, 0.15) is 50.8 Å². The van der Waals surface area contributed by atoms with Crippen molar-refractivity contribution in [3.8, 4) is 28.5 Å². The van der Waals surface area contributed by atoms with Gasteiger partial charge in [0, 0.05) is 19.5 Å². The van der Waals surface area contributed by atoms with Crippen LogP contribution in [0.25, 0.3) is 0 Å². The maximum Gasteiger partial charge on any atom is 0.412 e. The first kappa shape index (κ1) is 22.6. The summed E-state index contributed by atoms with van der Waals surface area (Å²) in [5.74, 6) is 7.24. The number of nitrogens with one attached hydrogen (secondary N) is 2. The smallest absolute Gasteiger partial charge is 0.412 e. The van der Waals surface area contributed by atoms with E-state index in [4.69, 9.17) is 9.47 Å².